The first-order valence-electron chi connectivity index (χ1n) is 10.3. The zero-order valence-corrected chi connectivity index (χ0v) is 16.8. The van der Waals surface area contributed by atoms with Gasteiger partial charge in [0.15, 0.2) is 0 Å². The number of carboxylic acid groups (broad SMARTS) is 1. The predicted octanol–water partition coefficient (Wildman–Crippen LogP) is 3.76. The average molecular weight is 378 g/mol. The van der Waals surface area contributed by atoms with Crippen molar-refractivity contribution in [1.82, 2.24) is 4.90 Å². The van der Waals surface area contributed by atoms with Crippen LogP contribution in [0.1, 0.15) is 78.1 Å². The van der Waals surface area contributed by atoms with Crippen LogP contribution in [-0.2, 0) is 9.59 Å². The van der Waals surface area contributed by atoms with Crippen LogP contribution in [0.4, 0.5) is 0 Å². The second-order valence-corrected chi connectivity index (χ2v) is 7.41. The minimum Gasteiger partial charge on any atom is -0.481 e. The highest BCUT2D eigenvalue weighted by Gasteiger charge is 2.28. The molecule has 0 saturated carbocycles. The molecule has 0 aromatic heterocycles. The molecule has 0 aliphatic carbocycles. The Morgan fingerprint density at radius 2 is 2.04 bits per heavy atom. The first-order chi connectivity index (χ1) is 13.0. The number of aliphatic carboxylic acids is 1. The zero-order valence-electron chi connectivity index (χ0n) is 16.8. The minimum absolute atomic E-state index is 0.0598. The Labute approximate surface area is 163 Å². The van der Waals surface area contributed by atoms with Gasteiger partial charge in [-0.3, -0.25) is 9.59 Å². The molecular formula is C22H35NO4. The van der Waals surface area contributed by atoms with E-state index in [9.17, 15) is 14.7 Å². The number of aliphatic hydroxyl groups is 1. The Morgan fingerprint density at radius 3 is 2.74 bits per heavy atom. The van der Waals surface area contributed by atoms with Crippen molar-refractivity contribution in [3.8, 4) is 11.8 Å². The van der Waals surface area contributed by atoms with E-state index in [1.807, 2.05) is 24.0 Å². The lowest BCUT2D eigenvalue weighted by Crippen LogP contribution is -2.33. The molecule has 0 aromatic rings. The number of nitrogens with zero attached hydrogens (tertiary/aromatic N) is 1. The third kappa shape index (κ3) is 9.63. The fourth-order valence-electron chi connectivity index (χ4n) is 3.16. The Morgan fingerprint density at radius 1 is 1.30 bits per heavy atom. The largest absolute Gasteiger partial charge is 0.481 e. The van der Waals surface area contributed by atoms with Crippen LogP contribution < -0.4 is 0 Å². The van der Waals surface area contributed by atoms with Gasteiger partial charge in [0.05, 0.1) is 12.1 Å². The van der Waals surface area contributed by atoms with E-state index in [0.717, 1.165) is 38.5 Å². The van der Waals surface area contributed by atoms with E-state index in [1.165, 1.54) is 0 Å². The summed E-state index contributed by atoms with van der Waals surface area (Å²) in [5.74, 6) is 5.71. The minimum atomic E-state index is -0.751. The second kappa shape index (κ2) is 13.4. The van der Waals surface area contributed by atoms with Crippen molar-refractivity contribution in [3.05, 3.63) is 12.2 Å². The normalized spacial score (nSPS) is 19.1. The number of amides is 1. The molecule has 1 unspecified atom stereocenters. The zero-order chi connectivity index (χ0) is 20.1. The van der Waals surface area contributed by atoms with E-state index >= 15 is 0 Å². The van der Waals surface area contributed by atoms with Crippen LogP contribution in [-0.4, -0.2) is 45.7 Å². The Balaban J connectivity index is 2.38. The van der Waals surface area contributed by atoms with Gasteiger partial charge in [-0.15, -0.1) is 11.8 Å². The molecule has 1 amide bonds. The molecule has 1 aliphatic rings. The average Bonchev–Trinajstić information content (AvgIpc) is 2.99. The number of unbranched alkanes of at least 4 members (excludes halogenated alkanes) is 4. The number of hydrogen-bond acceptors (Lipinski definition) is 3. The Hall–Kier alpha value is -1.80. The number of rotatable bonds is 12. The Kier molecular flexibility index (Phi) is 11.5. The molecular weight excluding hydrogens is 342 g/mol. The van der Waals surface area contributed by atoms with Gasteiger partial charge in [-0.2, -0.15) is 0 Å². The molecule has 152 valence electrons. The summed E-state index contributed by atoms with van der Waals surface area (Å²) in [6.45, 7) is 4.79. The van der Waals surface area contributed by atoms with E-state index in [-0.39, 0.29) is 24.3 Å². The van der Waals surface area contributed by atoms with Gasteiger partial charge in [-0.25, -0.2) is 0 Å². The quantitative estimate of drug-likeness (QED) is 0.308. The fourth-order valence-corrected chi connectivity index (χ4v) is 3.16. The van der Waals surface area contributed by atoms with Gasteiger partial charge in [0.1, 0.15) is 0 Å². The molecule has 3 atom stereocenters. The highest BCUT2D eigenvalue weighted by atomic mass is 16.4. The molecule has 1 rings (SSSR count). The fraction of sp³-hybridized carbons (Fsp3) is 0.727. The van der Waals surface area contributed by atoms with Gasteiger partial charge in [0, 0.05) is 32.2 Å². The smallest absolute Gasteiger partial charge is 0.303 e. The maximum absolute atomic E-state index is 12.1. The third-order valence-electron chi connectivity index (χ3n) is 4.95. The van der Waals surface area contributed by atoms with Gasteiger partial charge in [-0.1, -0.05) is 38.8 Å². The summed E-state index contributed by atoms with van der Waals surface area (Å²) in [6.07, 6.45) is 10.8. The summed E-state index contributed by atoms with van der Waals surface area (Å²) in [7, 11) is 0. The van der Waals surface area contributed by atoms with Crippen LogP contribution in [0.3, 0.4) is 0 Å². The summed E-state index contributed by atoms with van der Waals surface area (Å²) in [4.78, 5) is 24.5. The molecule has 1 fully saturated rings. The predicted molar refractivity (Wildman–Crippen MR) is 107 cm³/mol. The van der Waals surface area contributed by atoms with Crippen LogP contribution >= 0.6 is 0 Å². The molecule has 2 N–H and O–H groups in total. The maximum atomic E-state index is 12.1. The van der Waals surface area contributed by atoms with Crippen LogP contribution in [0.25, 0.3) is 0 Å². The van der Waals surface area contributed by atoms with E-state index in [2.05, 4.69) is 18.8 Å². The van der Waals surface area contributed by atoms with Crippen LogP contribution in [0.15, 0.2) is 12.2 Å². The van der Waals surface area contributed by atoms with Crippen molar-refractivity contribution in [2.75, 3.05) is 6.54 Å². The standard InChI is InChI=1S/C22H35NO4/c1-3-4-5-8-11-18(2)20(24)15-13-19-14-16-21(25)23(19)17-10-7-6-9-12-22(26)27/h13,15,18-20,24H,3-4,6-7,9-12,14,16-17H2,1-2H3,(H,26,27)/t18-,19?,20+/m0/s1. The molecule has 0 bridgehead atoms. The molecule has 1 saturated heterocycles. The Bertz CT molecular complexity index is 546. The molecule has 1 aliphatic heterocycles. The number of carboxylic acids is 1. The lowest BCUT2D eigenvalue weighted by Gasteiger charge is -2.23. The highest BCUT2D eigenvalue weighted by molar-refractivity contribution is 5.79. The van der Waals surface area contributed by atoms with Crippen LogP contribution in [0.2, 0.25) is 0 Å². The second-order valence-electron chi connectivity index (χ2n) is 7.41. The summed E-state index contributed by atoms with van der Waals surface area (Å²) in [5.41, 5.74) is 0. The molecule has 1 heterocycles. The molecule has 0 radical (unpaired) electrons. The van der Waals surface area contributed by atoms with E-state index < -0.39 is 12.1 Å². The lowest BCUT2D eigenvalue weighted by molar-refractivity contribution is -0.137. The molecule has 0 spiro atoms. The van der Waals surface area contributed by atoms with Gasteiger partial charge < -0.3 is 15.1 Å². The highest BCUT2D eigenvalue weighted by Crippen LogP contribution is 2.21. The van der Waals surface area contributed by atoms with Gasteiger partial charge in [0.25, 0.3) is 0 Å². The molecule has 27 heavy (non-hydrogen) atoms. The van der Waals surface area contributed by atoms with E-state index in [1.54, 1.807) is 0 Å². The maximum Gasteiger partial charge on any atom is 0.303 e. The monoisotopic (exact) mass is 377 g/mol. The van der Waals surface area contributed by atoms with Crippen molar-refractivity contribution in [2.45, 2.75) is 90.2 Å². The first kappa shape index (κ1) is 23.2. The summed E-state index contributed by atoms with van der Waals surface area (Å²) >= 11 is 0. The summed E-state index contributed by atoms with van der Waals surface area (Å²) in [6, 6.07) is 0.0598. The van der Waals surface area contributed by atoms with Crippen molar-refractivity contribution in [1.29, 1.82) is 0 Å². The van der Waals surface area contributed by atoms with Crippen molar-refractivity contribution < 1.29 is 19.8 Å². The van der Waals surface area contributed by atoms with Gasteiger partial charge >= 0.3 is 5.97 Å². The van der Waals surface area contributed by atoms with Gasteiger partial charge in [-0.05, 0) is 31.6 Å². The van der Waals surface area contributed by atoms with Crippen molar-refractivity contribution in [2.24, 2.45) is 5.92 Å². The summed E-state index contributed by atoms with van der Waals surface area (Å²) < 4.78 is 0. The molecule has 0 aromatic carbocycles. The first-order valence-corrected chi connectivity index (χ1v) is 10.3. The van der Waals surface area contributed by atoms with E-state index in [0.29, 0.717) is 25.8 Å². The van der Waals surface area contributed by atoms with Crippen LogP contribution in [0, 0.1) is 17.8 Å². The number of carbonyl (C=O) groups excluding carboxylic acids is 1. The molecule has 5 heteroatoms. The number of hydrogen-bond donors (Lipinski definition) is 2. The van der Waals surface area contributed by atoms with Gasteiger partial charge in [0.2, 0.25) is 5.91 Å². The number of aliphatic hydroxyl groups excluding tert-OH is 1. The van der Waals surface area contributed by atoms with E-state index in [4.69, 9.17) is 5.11 Å². The SMILES string of the molecule is CCCC#CC[C@H](C)[C@H](O)C=CC1CCC(=O)N1CCCCCCC(=O)O. The summed E-state index contributed by atoms with van der Waals surface area (Å²) in [5, 5.41) is 18.9. The third-order valence-corrected chi connectivity index (χ3v) is 4.95. The number of carbonyl (C=O) groups is 2. The molecule has 5 nitrogen and oxygen atoms in total. The topological polar surface area (TPSA) is 77.8 Å². The van der Waals surface area contributed by atoms with Crippen LogP contribution in [0.5, 0.6) is 0 Å². The van der Waals surface area contributed by atoms with Crippen molar-refractivity contribution >= 4 is 11.9 Å². The number of likely N-dealkylation sites (tertiary alicyclic amines) is 1. The lowest BCUT2D eigenvalue weighted by atomic mass is 9.99. The van der Waals surface area contributed by atoms with Crippen molar-refractivity contribution in [3.63, 3.8) is 0 Å².